The van der Waals surface area contributed by atoms with Gasteiger partial charge in [-0.2, -0.15) is 0 Å². The fourth-order valence-corrected chi connectivity index (χ4v) is 2.79. The molecule has 2 nitrogen and oxygen atoms in total. The molecule has 0 aliphatic carbocycles. The van der Waals surface area contributed by atoms with Gasteiger partial charge in [-0.25, -0.2) is 0 Å². The lowest BCUT2D eigenvalue weighted by Crippen LogP contribution is -2.64. The van der Waals surface area contributed by atoms with E-state index in [-0.39, 0.29) is 0 Å². The molecule has 1 aliphatic rings. The summed E-state index contributed by atoms with van der Waals surface area (Å²) in [5, 5.41) is 3.71. The molecule has 1 rings (SSSR count). The number of nitrogens with zero attached hydrogens (tertiary/aromatic N) is 1. The highest BCUT2D eigenvalue weighted by Crippen LogP contribution is 2.27. The highest BCUT2D eigenvalue weighted by molar-refractivity contribution is 4.96. The molecule has 0 spiro atoms. The van der Waals surface area contributed by atoms with E-state index in [4.69, 9.17) is 0 Å². The van der Waals surface area contributed by atoms with Crippen LogP contribution in [0.15, 0.2) is 0 Å². The van der Waals surface area contributed by atoms with Crippen LogP contribution in [0.2, 0.25) is 0 Å². The maximum absolute atomic E-state index is 3.71. The summed E-state index contributed by atoms with van der Waals surface area (Å²) in [5.41, 5.74) is 0.432. The van der Waals surface area contributed by atoms with Crippen molar-refractivity contribution in [2.24, 2.45) is 0 Å². The van der Waals surface area contributed by atoms with Crippen molar-refractivity contribution in [3.05, 3.63) is 0 Å². The van der Waals surface area contributed by atoms with E-state index in [0.29, 0.717) is 11.6 Å². The Kier molecular flexibility index (Phi) is 5.07. The van der Waals surface area contributed by atoms with Crippen molar-refractivity contribution < 1.29 is 0 Å². The molecule has 0 bridgehead atoms. The third kappa shape index (κ3) is 2.73. The predicted octanol–water partition coefficient (Wildman–Crippen LogP) is 2.64. The van der Waals surface area contributed by atoms with Gasteiger partial charge in [-0.15, -0.1) is 0 Å². The highest BCUT2D eigenvalue weighted by atomic mass is 15.3. The molecular formula is C13H28N2. The van der Waals surface area contributed by atoms with Crippen LogP contribution in [0, 0.1) is 0 Å². The Balaban J connectivity index is 2.69. The minimum absolute atomic E-state index is 0.432. The second-order valence-corrected chi connectivity index (χ2v) is 4.86. The zero-order chi connectivity index (χ0) is 11.3. The lowest BCUT2D eigenvalue weighted by Gasteiger charge is -2.49. The number of hydrogen-bond donors (Lipinski definition) is 1. The second kappa shape index (κ2) is 5.86. The van der Waals surface area contributed by atoms with Gasteiger partial charge in [0.1, 0.15) is 0 Å². The zero-order valence-corrected chi connectivity index (χ0v) is 11.0. The standard InChI is InChI=1S/C13H28N2/c1-5-9-15-10-12(6-2)14-11-13(15,7-3)8-4/h12,14H,5-11H2,1-4H3. The Bertz CT molecular complexity index is 175. The minimum Gasteiger partial charge on any atom is -0.311 e. The van der Waals surface area contributed by atoms with Gasteiger partial charge in [-0.1, -0.05) is 27.7 Å². The molecule has 15 heavy (non-hydrogen) atoms. The van der Waals surface area contributed by atoms with E-state index in [1.165, 1.54) is 45.3 Å². The third-order valence-corrected chi connectivity index (χ3v) is 4.13. The van der Waals surface area contributed by atoms with Gasteiger partial charge in [0.25, 0.3) is 0 Å². The Labute approximate surface area is 95.4 Å². The SMILES string of the molecule is CCCN1CC(CC)NCC1(CC)CC. The van der Waals surface area contributed by atoms with E-state index in [0.717, 1.165) is 0 Å². The molecule has 1 atom stereocenters. The van der Waals surface area contributed by atoms with Crippen molar-refractivity contribution in [1.29, 1.82) is 0 Å². The summed E-state index contributed by atoms with van der Waals surface area (Å²) in [6.07, 6.45) is 5.07. The van der Waals surface area contributed by atoms with Crippen LogP contribution >= 0.6 is 0 Å². The quantitative estimate of drug-likeness (QED) is 0.753. The summed E-state index contributed by atoms with van der Waals surface area (Å²) in [6.45, 7) is 12.9. The average Bonchev–Trinajstić information content (AvgIpc) is 2.30. The molecule has 1 fully saturated rings. The molecule has 0 aromatic carbocycles. The normalized spacial score (nSPS) is 26.8. The first-order valence-corrected chi connectivity index (χ1v) is 6.70. The molecule has 1 saturated heterocycles. The Morgan fingerprint density at radius 1 is 1.20 bits per heavy atom. The third-order valence-electron chi connectivity index (χ3n) is 4.13. The van der Waals surface area contributed by atoms with Gasteiger partial charge in [-0.3, -0.25) is 4.90 Å². The molecule has 1 aliphatic heterocycles. The smallest absolute Gasteiger partial charge is 0.0329 e. The molecule has 0 aromatic heterocycles. The lowest BCUT2D eigenvalue weighted by molar-refractivity contribution is 0.0310. The maximum Gasteiger partial charge on any atom is 0.0329 e. The molecule has 0 radical (unpaired) electrons. The number of nitrogens with one attached hydrogen (secondary N) is 1. The minimum atomic E-state index is 0.432. The van der Waals surface area contributed by atoms with E-state index in [1.54, 1.807) is 0 Å². The van der Waals surface area contributed by atoms with Crippen molar-refractivity contribution in [2.45, 2.75) is 65.0 Å². The van der Waals surface area contributed by atoms with E-state index < -0.39 is 0 Å². The summed E-state index contributed by atoms with van der Waals surface area (Å²) < 4.78 is 0. The molecule has 0 aromatic rings. The Morgan fingerprint density at radius 3 is 2.33 bits per heavy atom. The van der Waals surface area contributed by atoms with Crippen LogP contribution in [-0.4, -0.2) is 36.1 Å². The van der Waals surface area contributed by atoms with Gasteiger partial charge in [0, 0.05) is 24.7 Å². The molecule has 1 unspecified atom stereocenters. The zero-order valence-electron chi connectivity index (χ0n) is 11.0. The van der Waals surface area contributed by atoms with Gasteiger partial charge in [0.15, 0.2) is 0 Å². The van der Waals surface area contributed by atoms with Gasteiger partial charge in [0.05, 0.1) is 0 Å². The molecule has 0 amide bonds. The molecular weight excluding hydrogens is 184 g/mol. The van der Waals surface area contributed by atoms with Crippen molar-refractivity contribution in [3.8, 4) is 0 Å². The summed E-state index contributed by atoms with van der Waals surface area (Å²) in [5.74, 6) is 0. The first-order valence-electron chi connectivity index (χ1n) is 6.70. The van der Waals surface area contributed by atoms with E-state index in [9.17, 15) is 0 Å². The Morgan fingerprint density at radius 2 is 1.87 bits per heavy atom. The van der Waals surface area contributed by atoms with Crippen molar-refractivity contribution in [1.82, 2.24) is 10.2 Å². The first-order chi connectivity index (χ1) is 7.22. The summed E-state index contributed by atoms with van der Waals surface area (Å²) >= 11 is 0. The maximum atomic E-state index is 3.71. The summed E-state index contributed by atoms with van der Waals surface area (Å²) in [4.78, 5) is 2.73. The number of rotatable bonds is 5. The van der Waals surface area contributed by atoms with E-state index >= 15 is 0 Å². The Hall–Kier alpha value is -0.0800. The van der Waals surface area contributed by atoms with Crippen molar-refractivity contribution in [2.75, 3.05) is 19.6 Å². The fourth-order valence-electron chi connectivity index (χ4n) is 2.79. The number of piperazine rings is 1. The topological polar surface area (TPSA) is 15.3 Å². The van der Waals surface area contributed by atoms with Crippen LogP contribution in [-0.2, 0) is 0 Å². The first kappa shape index (κ1) is 13.0. The van der Waals surface area contributed by atoms with Crippen LogP contribution in [0.5, 0.6) is 0 Å². The van der Waals surface area contributed by atoms with E-state index in [2.05, 4.69) is 37.9 Å². The summed E-state index contributed by atoms with van der Waals surface area (Å²) in [6, 6.07) is 0.711. The molecule has 0 saturated carbocycles. The summed E-state index contributed by atoms with van der Waals surface area (Å²) in [7, 11) is 0. The average molecular weight is 212 g/mol. The lowest BCUT2D eigenvalue weighted by atomic mass is 9.86. The van der Waals surface area contributed by atoms with Crippen LogP contribution in [0.4, 0.5) is 0 Å². The van der Waals surface area contributed by atoms with Crippen molar-refractivity contribution in [3.63, 3.8) is 0 Å². The molecule has 1 N–H and O–H groups in total. The molecule has 2 heteroatoms. The van der Waals surface area contributed by atoms with Gasteiger partial charge < -0.3 is 5.32 Å². The number of hydrogen-bond acceptors (Lipinski definition) is 2. The van der Waals surface area contributed by atoms with Crippen LogP contribution in [0.1, 0.15) is 53.4 Å². The van der Waals surface area contributed by atoms with Gasteiger partial charge in [0.2, 0.25) is 0 Å². The van der Waals surface area contributed by atoms with E-state index in [1.807, 2.05) is 0 Å². The highest BCUT2D eigenvalue weighted by Gasteiger charge is 2.37. The molecule has 1 heterocycles. The fraction of sp³-hybridized carbons (Fsp3) is 1.00. The monoisotopic (exact) mass is 212 g/mol. The van der Waals surface area contributed by atoms with Gasteiger partial charge >= 0.3 is 0 Å². The molecule has 90 valence electrons. The van der Waals surface area contributed by atoms with Crippen LogP contribution in [0.25, 0.3) is 0 Å². The van der Waals surface area contributed by atoms with Crippen molar-refractivity contribution >= 4 is 0 Å². The van der Waals surface area contributed by atoms with Crippen LogP contribution < -0.4 is 5.32 Å². The second-order valence-electron chi connectivity index (χ2n) is 4.86. The predicted molar refractivity (Wildman–Crippen MR) is 67.3 cm³/mol. The van der Waals surface area contributed by atoms with Gasteiger partial charge in [-0.05, 0) is 32.2 Å². The largest absolute Gasteiger partial charge is 0.311 e. The van der Waals surface area contributed by atoms with Crippen LogP contribution in [0.3, 0.4) is 0 Å².